The number of likely N-dealkylation sites (tertiary alicyclic amines) is 1. The van der Waals surface area contributed by atoms with Crippen LogP contribution in [0.3, 0.4) is 0 Å². The molecular weight excluding hydrogens is 399 g/mol. The second kappa shape index (κ2) is 7.41. The molecule has 3 aromatic heterocycles. The number of halogens is 3. The monoisotopic (exact) mass is 421 g/mol. The van der Waals surface area contributed by atoms with E-state index in [1.807, 2.05) is 13.8 Å². The van der Waals surface area contributed by atoms with Crippen molar-refractivity contribution in [2.75, 3.05) is 13.1 Å². The molecule has 160 valence electrons. The smallest absolute Gasteiger partial charge is 0.339 e. The second-order valence-electron chi connectivity index (χ2n) is 7.93. The lowest BCUT2D eigenvalue weighted by atomic mass is 9.90. The van der Waals surface area contributed by atoms with Gasteiger partial charge in [-0.2, -0.15) is 18.3 Å². The summed E-state index contributed by atoms with van der Waals surface area (Å²) in [7, 11) is 0. The van der Waals surface area contributed by atoms with Crippen molar-refractivity contribution in [3.8, 4) is 0 Å². The van der Waals surface area contributed by atoms with Gasteiger partial charge in [-0.3, -0.25) is 9.48 Å². The van der Waals surface area contributed by atoms with Crippen molar-refractivity contribution in [3.63, 3.8) is 0 Å². The molecule has 0 N–H and O–H groups in total. The minimum Gasteiger partial charge on any atom is -0.339 e. The zero-order valence-electron chi connectivity index (χ0n) is 16.9. The molecule has 1 amide bonds. The Morgan fingerprint density at radius 3 is 2.57 bits per heavy atom. The van der Waals surface area contributed by atoms with Crippen LogP contribution in [0.1, 0.15) is 66.0 Å². The van der Waals surface area contributed by atoms with Gasteiger partial charge in [0.25, 0.3) is 11.6 Å². The van der Waals surface area contributed by atoms with Crippen LogP contribution in [0.5, 0.6) is 0 Å². The van der Waals surface area contributed by atoms with E-state index in [-0.39, 0.29) is 40.4 Å². The summed E-state index contributed by atoms with van der Waals surface area (Å²) in [5.74, 6) is -0.363. The Morgan fingerprint density at radius 2 is 1.97 bits per heavy atom. The number of fused-ring (bicyclic) bond motifs is 1. The van der Waals surface area contributed by atoms with Crippen LogP contribution < -0.4 is 0 Å². The van der Waals surface area contributed by atoms with Crippen LogP contribution in [0.4, 0.5) is 13.2 Å². The molecule has 0 bridgehead atoms. The number of alkyl halides is 3. The maximum atomic E-state index is 13.6. The SMILES string of the molecule is Cc1cc(C(F)(F)F)c2c(C3CCN(C(=O)c4cnn(C(C)C)c4)CC3)noc2n1. The van der Waals surface area contributed by atoms with E-state index in [0.717, 1.165) is 6.07 Å². The van der Waals surface area contributed by atoms with Crippen LogP contribution in [0.25, 0.3) is 11.1 Å². The third-order valence-electron chi connectivity index (χ3n) is 5.45. The molecule has 0 saturated carbocycles. The molecule has 4 rings (SSSR count). The molecule has 30 heavy (non-hydrogen) atoms. The highest BCUT2D eigenvalue weighted by Crippen LogP contribution is 2.40. The first-order valence-corrected chi connectivity index (χ1v) is 9.82. The van der Waals surface area contributed by atoms with Gasteiger partial charge < -0.3 is 9.42 Å². The maximum absolute atomic E-state index is 13.6. The van der Waals surface area contributed by atoms with Crippen LogP contribution in [-0.4, -0.2) is 43.8 Å². The van der Waals surface area contributed by atoms with Crippen molar-refractivity contribution in [1.82, 2.24) is 24.8 Å². The van der Waals surface area contributed by atoms with Gasteiger partial charge in [0.05, 0.1) is 28.4 Å². The van der Waals surface area contributed by atoms with E-state index in [1.165, 1.54) is 6.92 Å². The van der Waals surface area contributed by atoms with Crippen molar-refractivity contribution >= 4 is 17.0 Å². The average molecular weight is 421 g/mol. The van der Waals surface area contributed by atoms with E-state index < -0.39 is 11.7 Å². The quantitative estimate of drug-likeness (QED) is 0.629. The van der Waals surface area contributed by atoms with Gasteiger partial charge in [0.2, 0.25) is 0 Å². The third kappa shape index (κ3) is 3.66. The number of hydrogen-bond donors (Lipinski definition) is 0. The summed E-state index contributed by atoms with van der Waals surface area (Å²) in [6, 6.07) is 1.17. The Balaban J connectivity index is 1.54. The first-order chi connectivity index (χ1) is 14.1. The van der Waals surface area contributed by atoms with Gasteiger partial charge in [0, 0.05) is 36.9 Å². The highest BCUT2D eigenvalue weighted by molar-refractivity contribution is 5.93. The molecule has 3 aromatic rings. The van der Waals surface area contributed by atoms with Crippen molar-refractivity contribution in [2.24, 2.45) is 0 Å². The van der Waals surface area contributed by atoms with Gasteiger partial charge in [-0.25, -0.2) is 4.98 Å². The lowest BCUT2D eigenvalue weighted by Gasteiger charge is -2.31. The number of carbonyl (C=O) groups is 1. The number of amides is 1. The van der Waals surface area contributed by atoms with Gasteiger partial charge in [-0.1, -0.05) is 5.16 Å². The zero-order chi connectivity index (χ0) is 21.6. The fourth-order valence-electron chi connectivity index (χ4n) is 3.87. The molecule has 0 aromatic carbocycles. The fourth-order valence-corrected chi connectivity index (χ4v) is 3.87. The molecule has 0 unspecified atom stereocenters. The first kappa shape index (κ1) is 20.4. The van der Waals surface area contributed by atoms with Crippen molar-refractivity contribution in [3.05, 3.63) is 41.0 Å². The molecule has 0 spiro atoms. The maximum Gasteiger partial charge on any atom is 0.417 e. The summed E-state index contributed by atoms with van der Waals surface area (Å²) < 4.78 is 47.6. The molecule has 0 radical (unpaired) electrons. The van der Waals surface area contributed by atoms with E-state index >= 15 is 0 Å². The van der Waals surface area contributed by atoms with Crippen molar-refractivity contribution < 1.29 is 22.5 Å². The third-order valence-corrected chi connectivity index (χ3v) is 5.45. The van der Waals surface area contributed by atoms with Crippen LogP contribution in [0.2, 0.25) is 0 Å². The summed E-state index contributed by atoms with van der Waals surface area (Å²) >= 11 is 0. The summed E-state index contributed by atoms with van der Waals surface area (Å²) in [5.41, 5.74) is 0.121. The van der Waals surface area contributed by atoms with E-state index in [2.05, 4.69) is 15.2 Å². The number of piperidine rings is 1. The summed E-state index contributed by atoms with van der Waals surface area (Å²) in [6.07, 6.45) is -0.274. The molecule has 1 fully saturated rings. The fraction of sp³-hybridized carbons (Fsp3) is 0.500. The Kier molecular flexibility index (Phi) is 5.03. The molecule has 0 atom stereocenters. The topological polar surface area (TPSA) is 77.0 Å². The Morgan fingerprint density at radius 1 is 1.27 bits per heavy atom. The Bertz CT molecular complexity index is 1080. The predicted octanol–water partition coefficient (Wildman–Crippen LogP) is 4.35. The minimum atomic E-state index is -4.53. The number of pyridine rings is 1. The van der Waals surface area contributed by atoms with E-state index in [9.17, 15) is 18.0 Å². The normalized spacial score (nSPS) is 16.0. The number of aromatic nitrogens is 4. The summed E-state index contributed by atoms with van der Waals surface area (Å²) in [6.45, 7) is 6.28. The van der Waals surface area contributed by atoms with Crippen LogP contribution in [-0.2, 0) is 6.18 Å². The lowest BCUT2D eigenvalue weighted by Crippen LogP contribution is -2.38. The number of rotatable bonds is 3. The molecule has 0 aliphatic carbocycles. The number of aryl methyl sites for hydroxylation is 1. The van der Waals surface area contributed by atoms with Crippen LogP contribution >= 0.6 is 0 Å². The molecule has 1 aliphatic heterocycles. The highest BCUT2D eigenvalue weighted by atomic mass is 19.4. The summed E-state index contributed by atoms with van der Waals surface area (Å²) in [4.78, 5) is 18.5. The van der Waals surface area contributed by atoms with Gasteiger partial charge in [0.15, 0.2) is 0 Å². The van der Waals surface area contributed by atoms with Crippen molar-refractivity contribution in [1.29, 1.82) is 0 Å². The number of carbonyl (C=O) groups excluding carboxylic acids is 1. The van der Waals surface area contributed by atoms with Gasteiger partial charge >= 0.3 is 6.18 Å². The van der Waals surface area contributed by atoms with Gasteiger partial charge in [-0.05, 0) is 39.7 Å². The van der Waals surface area contributed by atoms with E-state index in [4.69, 9.17) is 4.52 Å². The molecule has 1 aliphatic rings. The standard InChI is InChI=1S/C20H22F3N5O2/c1-11(2)28-10-14(9-24-28)19(29)27-6-4-13(5-7-27)17-16-15(20(21,22)23)8-12(3)25-18(16)30-26-17/h8-11,13H,4-7H2,1-3H3. The van der Waals surface area contributed by atoms with Crippen LogP contribution in [0, 0.1) is 6.92 Å². The van der Waals surface area contributed by atoms with Crippen LogP contribution in [0.15, 0.2) is 23.0 Å². The lowest BCUT2D eigenvalue weighted by molar-refractivity contribution is -0.136. The van der Waals surface area contributed by atoms with E-state index in [0.29, 0.717) is 31.5 Å². The molecule has 7 nitrogen and oxygen atoms in total. The zero-order valence-corrected chi connectivity index (χ0v) is 16.9. The van der Waals surface area contributed by atoms with E-state index in [1.54, 1.807) is 22.0 Å². The van der Waals surface area contributed by atoms with Crippen molar-refractivity contribution in [2.45, 2.75) is 51.7 Å². The highest BCUT2D eigenvalue weighted by Gasteiger charge is 2.38. The number of hydrogen-bond acceptors (Lipinski definition) is 5. The second-order valence-corrected chi connectivity index (χ2v) is 7.93. The molecule has 10 heteroatoms. The average Bonchev–Trinajstić information content (AvgIpc) is 3.33. The van der Waals surface area contributed by atoms with Gasteiger partial charge in [0.1, 0.15) is 0 Å². The Hall–Kier alpha value is -2.91. The molecular formula is C20H22F3N5O2. The number of nitrogens with zero attached hydrogens (tertiary/aromatic N) is 5. The Labute approximate surface area is 170 Å². The first-order valence-electron chi connectivity index (χ1n) is 9.82. The van der Waals surface area contributed by atoms with Gasteiger partial charge in [-0.15, -0.1) is 0 Å². The molecule has 4 heterocycles. The minimum absolute atomic E-state index is 0.0731. The largest absolute Gasteiger partial charge is 0.417 e. The predicted molar refractivity (Wildman–Crippen MR) is 102 cm³/mol. The molecule has 1 saturated heterocycles. The summed E-state index contributed by atoms with van der Waals surface area (Å²) in [5, 5.41) is 8.05.